The Balaban J connectivity index is 1.73. The number of imide groups is 1. The molecule has 2 aliphatic heterocycles. The molecule has 0 radical (unpaired) electrons. The van der Waals surface area contributed by atoms with Gasteiger partial charge in [0, 0.05) is 32.9 Å². The summed E-state index contributed by atoms with van der Waals surface area (Å²) in [5, 5.41) is 50.9. The lowest BCUT2D eigenvalue weighted by Gasteiger charge is -2.38. The monoisotopic (exact) mass is 864 g/mol. The number of rotatable bonds is 21. The second kappa shape index (κ2) is 22.5. The number of likely N-dealkylation sites (tertiary alicyclic amines) is 1. The summed E-state index contributed by atoms with van der Waals surface area (Å²) in [6, 6.07) is 0.858. The summed E-state index contributed by atoms with van der Waals surface area (Å²) in [6.45, 7) is 10.3. The van der Waals surface area contributed by atoms with E-state index in [4.69, 9.17) is 19.9 Å². The third kappa shape index (κ3) is 14.6. The number of carboxylic acids is 1. The number of hydrogen-bond acceptors (Lipinski definition) is 14. The number of hydrogen-bond donors (Lipinski definition) is 9. The number of carbonyl (C=O) groups is 8. The first-order valence-corrected chi connectivity index (χ1v) is 20.1. The summed E-state index contributed by atoms with van der Waals surface area (Å²) in [7, 11) is 0. The van der Waals surface area contributed by atoms with Crippen molar-refractivity contribution in [2.45, 2.75) is 136 Å². The van der Waals surface area contributed by atoms with Crippen LogP contribution in [0.2, 0.25) is 0 Å². The van der Waals surface area contributed by atoms with Gasteiger partial charge in [0.05, 0.1) is 11.6 Å². The van der Waals surface area contributed by atoms with E-state index in [-0.39, 0.29) is 80.0 Å². The normalized spacial score (nSPS) is 22.6. The van der Waals surface area contributed by atoms with E-state index in [1.54, 1.807) is 13.8 Å². The molecule has 10 N–H and O–H groups in total. The van der Waals surface area contributed by atoms with E-state index in [0.29, 0.717) is 24.8 Å². The number of aliphatic hydroxyl groups excluding tert-OH is 3. The van der Waals surface area contributed by atoms with Crippen LogP contribution in [0.5, 0.6) is 5.75 Å². The maximum atomic E-state index is 13.9. The fourth-order valence-corrected chi connectivity index (χ4v) is 6.69. The number of anilines is 1. The van der Waals surface area contributed by atoms with E-state index in [1.165, 1.54) is 30.0 Å². The minimum atomic E-state index is -2.01. The zero-order valence-electron chi connectivity index (χ0n) is 35.3. The molecule has 61 heavy (non-hydrogen) atoms. The number of esters is 1. The zero-order chi connectivity index (χ0) is 45.8. The first-order chi connectivity index (χ1) is 28.5. The van der Waals surface area contributed by atoms with Gasteiger partial charge in [0.2, 0.25) is 35.8 Å². The number of aliphatic hydroxyl groups is 3. The average Bonchev–Trinajstić information content (AvgIpc) is 3.46. The number of benzene rings is 1. The van der Waals surface area contributed by atoms with Crippen LogP contribution in [0.1, 0.15) is 92.1 Å². The fraction of sp³-hybridized carbons (Fsp3) is 0.650. The van der Waals surface area contributed by atoms with Crippen molar-refractivity contribution in [2.75, 3.05) is 18.4 Å². The molecule has 7 amide bonds. The van der Waals surface area contributed by atoms with Gasteiger partial charge < -0.3 is 61.6 Å². The van der Waals surface area contributed by atoms with Gasteiger partial charge in [0.1, 0.15) is 42.8 Å². The highest BCUT2D eigenvalue weighted by atomic mass is 16.7. The van der Waals surface area contributed by atoms with Crippen LogP contribution >= 0.6 is 0 Å². The molecular weight excluding hydrogens is 804 g/mol. The molecule has 0 spiro atoms. The number of nitrogens with two attached hydrogens (primary N) is 1. The molecule has 0 aromatic heterocycles. The summed E-state index contributed by atoms with van der Waals surface area (Å²) >= 11 is 0. The van der Waals surface area contributed by atoms with Crippen molar-refractivity contribution in [2.24, 2.45) is 23.0 Å². The molecule has 3 rings (SSSR count). The summed E-state index contributed by atoms with van der Waals surface area (Å²) in [6.07, 6.45) is -8.11. The van der Waals surface area contributed by atoms with Crippen LogP contribution in [0.3, 0.4) is 0 Å². The Kier molecular flexibility index (Phi) is 18.4. The molecule has 0 bridgehead atoms. The van der Waals surface area contributed by atoms with Crippen LogP contribution in [0.4, 0.5) is 10.5 Å². The number of amides is 7. The molecule has 2 aliphatic rings. The molecule has 2 heterocycles. The van der Waals surface area contributed by atoms with Crippen molar-refractivity contribution in [3.05, 3.63) is 23.8 Å². The second-order valence-electron chi connectivity index (χ2n) is 16.6. The molecule has 2 unspecified atom stereocenters. The van der Waals surface area contributed by atoms with E-state index in [1.807, 2.05) is 20.8 Å². The van der Waals surface area contributed by atoms with Gasteiger partial charge in [-0.15, -0.1) is 0 Å². The largest absolute Gasteiger partial charge is 0.479 e. The van der Waals surface area contributed by atoms with Crippen LogP contribution in [0, 0.1) is 17.3 Å². The van der Waals surface area contributed by atoms with Crippen molar-refractivity contribution < 1.29 is 73.0 Å². The number of carbonyl (C=O) groups excluding carboxylic acids is 7. The van der Waals surface area contributed by atoms with Crippen LogP contribution in [-0.4, -0.2) is 129 Å². The van der Waals surface area contributed by atoms with E-state index >= 15 is 0 Å². The lowest BCUT2D eigenvalue weighted by molar-refractivity contribution is -0.271. The minimum Gasteiger partial charge on any atom is -0.479 e. The minimum absolute atomic E-state index is 0.0333. The molecule has 340 valence electrons. The van der Waals surface area contributed by atoms with Crippen molar-refractivity contribution in [3.63, 3.8) is 0 Å². The number of nitrogens with zero attached hydrogens (tertiary/aromatic N) is 1. The predicted molar refractivity (Wildman–Crippen MR) is 214 cm³/mol. The smallest absolute Gasteiger partial charge is 0.335 e. The summed E-state index contributed by atoms with van der Waals surface area (Å²) < 4.78 is 16.0. The first-order valence-electron chi connectivity index (χ1n) is 20.1. The molecule has 21 nitrogen and oxygen atoms in total. The van der Waals surface area contributed by atoms with Gasteiger partial charge in [-0.2, -0.15) is 0 Å². The van der Waals surface area contributed by atoms with Crippen molar-refractivity contribution in [3.8, 4) is 5.75 Å². The van der Waals surface area contributed by atoms with Crippen LogP contribution < -0.4 is 31.7 Å². The standard InChI is InChI=1S/C40H60N6O15/c1-20(2)29(45-27(48)12-8-7-9-16-46-28(49)18-23(36(46)55)40(4,5)6)35(54)44-25(11-10-15-42-39(41)58)34(53)43-24-14-13-22(19-59-21(3)47)17-26(24)60-38-32(52)30(50)31(51)33(61-38)37(56)57/h13-14,17,20,23,25,29-33,38,50-52H,7-12,15-16,18-19H2,1-6H3,(H,43,53)(H,44,54)(H,45,48)(H,56,57)(H3,41,42,58)/t23?,25-,29-,30+,31+,32-,33+,38?/m0/s1. The summed E-state index contributed by atoms with van der Waals surface area (Å²) in [5.74, 6) is -5.70. The van der Waals surface area contributed by atoms with Crippen molar-refractivity contribution in [1.82, 2.24) is 20.9 Å². The zero-order valence-corrected chi connectivity index (χ0v) is 35.3. The van der Waals surface area contributed by atoms with Gasteiger partial charge in [0.25, 0.3) is 0 Å². The molecule has 8 atom stereocenters. The Morgan fingerprint density at radius 3 is 2.23 bits per heavy atom. The number of urea groups is 1. The van der Waals surface area contributed by atoms with E-state index in [0.717, 1.165) is 0 Å². The number of nitrogens with one attached hydrogen (secondary N) is 4. The van der Waals surface area contributed by atoms with E-state index < -0.39 is 84.4 Å². The number of primary amides is 1. The second-order valence-corrected chi connectivity index (χ2v) is 16.6. The maximum absolute atomic E-state index is 13.9. The highest BCUT2D eigenvalue weighted by Gasteiger charge is 2.48. The molecule has 1 aromatic rings. The van der Waals surface area contributed by atoms with Gasteiger partial charge in [-0.05, 0) is 54.7 Å². The lowest BCUT2D eigenvalue weighted by Crippen LogP contribution is -2.61. The summed E-state index contributed by atoms with van der Waals surface area (Å²) in [5.41, 5.74) is 5.05. The van der Waals surface area contributed by atoms with Gasteiger partial charge in [-0.3, -0.25) is 33.7 Å². The molecule has 0 saturated carbocycles. The molecule has 1 aromatic carbocycles. The summed E-state index contributed by atoms with van der Waals surface area (Å²) in [4.78, 5) is 102. The maximum Gasteiger partial charge on any atom is 0.335 e. The van der Waals surface area contributed by atoms with Crippen molar-refractivity contribution >= 4 is 53.2 Å². The predicted octanol–water partition coefficient (Wildman–Crippen LogP) is 0.0149. The Morgan fingerprint density at radius 1 is 0.951 bits per heavy atom. The average molecular weight is 865 g/mol. The highest BCUT2D eigenvalue weighted by molar-refractivity contribution is 6.04. The molecule has 21 heteroatoms. The highest BCUT2D eigenvalue weighted by Crippen LogP contribution is 2.36. The quantitative estimate of drug-likeness (QED) is 0.0447. The Labute approximate surface area is 353 Å². The number of unbranched alkanes of at least 4 members (excludes halogenated alkanes) is 2. The number of aliphatic carboxylic acids is 1. The third-order valence-electron chi connectivity index (χ3n) is 10.2. The topological polar surface area (TPSA) is 323 Å². The Hall–Kier alpha value is -5.38. The molecule has 0 aliphatic carbocycles. The number of ether oxygens (including phenoxy) is 3. The number of carboxylic acid groups (broad SMARTS) is 1. The third-order valence-corrected chi connectivity index (χ3v) is 10.2. The molecule has 2 fully saturated rings. The van der Waals surface area contributed by atoms with Gasteiger partial charge in [-0.1, -0.05) is 47.1 Å². The fourth-order valence-electron chi connectivity index (χ4n) is 6.69. The van der Waals surface area contributed by atoms with Gasteiger partial charge in [-0.25, -0.2) is 9.59 Å². The van der Waals surface area contributed by atoms with Crippen LogP contribution in [0.15, 0.2) is 18.2 Å². The van der Waals surface area contributed by atoms with Gasteiger partial charge in [0.15, 0.2) is 6.10 Å². The molecular formula is C40H60N6O15. The van der Waals surface area contributed by atoms with E-state index in [9.17, 15) is 58.8 Å². The van der Waals surface area contributed by atoms with E-state index in [2.05, 4.69) is 21.3 Å². The lowest BCUT2D eigenvalue weighted by atomic mass is 9.80. The SMILES string of the molecule is CC(=O)OCc1ccc(NC(=O)[C@H](CCCNC(N)=O)NC(=O)[C@@H](NC(=O)CCCCCN2C(=O)CC(C(C)(C)C)C2=O)C(C)C)c(OC2O[C@@H](C(=O)O)[C@H](O)[C@@H](O)[C@@H]2O)c1. The van der Waals surface area contributed by atoms with Crippen LogP contribution in [0.25, 0.3) is 0 Å². The Bertz CT molecular complexity index is 1770. The van der Waals surface area contributed by atoms with Crippen molar-refractivity contribution in [1.29, 1.82) is 0 Å². The van der Waals surface area contributed by atoms with Gasteiger partial charge >= 0.3 is 18.0 Å². The van der Waals surface area contributed by atoms with Crippen LogP contribution in [-0.2, 0) is 49.6 Å². The Morgan fingerprint density at radius 2 is 1.64 bits per heavy atom. The molecule has 2 saturated heterocycles. The first kappa shape index (κ1) is 50.0.